The monoisotopic (exact) mass is 254 g/mol. The van der Waals surface area contributed by atoms with Crippen LogP contribution in [-0.4, -0.2) is 39.4 Å². The molecule has 0 aromatic heterocycles. The van der Waals surface area contributed by atoms with Gasteiger partial charge in [0.05, 0.1) is 19.3 Å². The predicted octanol–water partition coefficient (Wildman–Crippen LogP) is 2.07. The van der Waals surface area contributed by atoms with E-state index >= 15 is 0 Å². The molecule has 1 aliphatic rings. The van der Waals surface area contributed by atoms with Crippen LogP contribution in [0, 0.1) is 6.92 Å². The zero-order chi connectivity index (χ0) is 12.3. The van der Waals surface area contributed by atoms with Crippen LogP contribution in [0.3, 0.4) is 0 Å². The number of rotatable bonds is 3. The third kappa shape index (κ3) is 2.73. The van der Waals surface area contributed by atoms with Gasteiger partial charge in [0.2, 0.25) is 0 Å². The van der Waals surface area contributed by atoms with Crippen LogP contribution in [-0.2, 0) is 4.74 Å². The molecule has 3 nitrogen and oxygen atoms in total. The van der Waals surface area contributed by atoms with Crippen LogP contribution in [0.2, 0.25) is 5.02 Å². The van der Waals surface area contributed by atoms with E-state index in [9.17, 15) is 0 Å². The highest BCUT2D eigenvalue weighted by Gasteiger charge is 2.24. The topological polar surface area (TPSA) is 24.5 Å². The second kappa shape index (κ2) is 5.71. The zero-order valence-corrected chi connectivity index (χ0v) is 11.1. The van der Waals surface area contributed by atoms with Crippen molar-refractivity contribution in [2.75, 3.05) is 38.3 Å². The van der Waals surface area contributed by atoms with Crippen LogP contribution < -0.4 is 10.2 Å². The number of ether oxygens (including phenoxy) is 1. The van der Waals surface area contributed by atoms with Crippen molar-refractivity contribution >= 4 is 17.3 Å². The number of nitrogens with zero attached hydrogens (tertiary/aromatic N) is 1. The van der Waals surface area contributed by atoms with Crippen LogP contribution in [0.5, 0.6) is 0 Å². The largest absolute Gasteiger partial charge is 0.377 e. The number of hydrogen-bond donors (Lipinski definition) is 1. The van der Waals surface area contributed by atoms with Crippen molar-refractivity contribution in [2.45, 2.75) is 13.0 Å². The van der Waals surface area contributed by atoms with E-state index in [0.29, 0.717) is 6.04 Å². The molecule has 1 N–H and O–H groups in total. The second-order valence-corrected chi connectivity index (χ2v) is 4.77. The van der Waals surface area contributed by atoms with Gasteiger partial charge in [0.15, 0.2) is 0 Å². The van der Waals surface area contributed by atoms with Gasteiger partial charge in [0.1, 0.15) is 0 Å². The maximum atomic E-state index is 6.18. The Morgan fingerprint density at radius 2 is 2.35 bits per heavy atom. The summed E-state index contributed by atoms with van der Waals surface area (Å²) in [6, 6.07) is 6.46. The standard InChI is InChI=1S/C13H19ClN2O/c1-10-12(14)4-3-5-13(10)16-6-7-17-9-11(16)8-15-2/h3-5,11,15H,6-9H2,1-2H3. The zero-order valence-electron chi connectivity index (χ0n) is 10.4. The first-order valence-corrected chi connectivity index (χ1v) is 6.36. The number of anilines is 1. The van der Waals surface area contributed by atoms with Crippen LogP contribution in [0.4, 0.5) is 5.69 Å². The van der Waals surface area contributed by atoms with E-state index in [4.69, 9.17) is 16.3 Å². The molecule has 1 atom stereocenters. The summed E-state index contributed by atoms with van der Waals surface area (Å²) >= 11 is 6.18. The van der Waals surface area contributed by atoms with E-state index in [1.807, 2.05) is 19.2 Å². The quantitative estimate of drug-likeness (QED) is 0.894. The molecule has 0 radical (unpaired) electrons. The molecule has 0 bridgehead atoms. The minimum atomic E-state index is 0.380. The number of likely N-dealkylation sites (N-methyl/N-ethyl adjacent to an activating group) is 1. The summed E-state index contributed by atoms with van der Waals surface area (Å²) < 4.78 is 5.54. The summed E-state index contributed by atoms with van der Waals surface area (Å²) in [5.41, 5.74) is 2.37. The van der Waals surface area contributed by atoms with Gasteiger partial charge in [-0.2, -0.15) is 0 Å². The molecule has 4 heteroatoms. The lowest BCUT2D eigenvalue weighted by Crippen LogP contribution is -2.50. The van der Waals surface area contributed by atoms with Crippen LogP contribution in [0.1, 0.15) is 5.56 Å². The average molecular weight is 255 g/mol. The van der Waals surface area contributed by atoms with Gasteiger partial charge >= 0.3 is 0 Å². The molecule has 0 saturated carbocycles. The highest BCUT2D eigenvalue weighted by molar-refractivity contribution is 6.31. The van der Waals surface area contributed by atoms with E-state index < -0.39 is 0 Å². The van der Waals surface area contributed by atoms with E-state index in [1.54, 1.807) is 0 Å². The van der Waals surface area contributed by atoms with Gasteiger partial charge < -0.3 is 15.0 Å². The van der Waals surface area contributed by atoms with Gasteiger partial charge in [-0.1, -0.05) is 17.7 Å². The molecule has 0 amide bonds. The van der Waals surface area contributed by atoms with Gasteiger partial charge in [-0.15, -0.1) is 0 Å². The molecule has 1 saturated heterocycles. The summed E-state index contributed by atoms with van der Waals surface area (Å²) in [7, 11) is 1.97. The fraction of sp³-hybridized carbons (Fsp3) is 0.538. The molecule has 1 unspecified atom stereocenters. The molecule has 1 aromatic carbocycles. The smallest absolute Gasteiger partial charge is 0.0683 e. The van der Waals surface area contributed by atoms with E-state index in [1.165, 1.54) is 5.69 Å². The van der Waals surface area contributed by atoms with Crippen molar-refractivity contribution in [3.63, 3.8) is 0 Å². The highest BCUT2D eigenvalue weighted by atomic mass is 35.5. The van der Waals surface area contributed by atoms with Gasteiger partial charge in [0, 0.05) is 23.8 Å². The third-order valence-electron chi connectivity index (χ3n) is 3.22. The van der Waals surface area contributed by atoms with Crippen LogP contribution >= 0.6 is 11.6 Å². The maximum Gasteiger partial charge on any atom is 0.0683 e. The minimum absolute atomic E-state index is 0.380. The molecule has 1 aliphatic heterocycles. The third-order valence-corrected chi connectivity index (χ3v) is 3.63. The van der Waals surface area contributed by atoms with E-state index in [-0.39, 0.29) is 0 Å². The predicted molar refractivity (Wildman–Crippen MR) is 72.1 cm³/mol. The SMILES string of the molecule is CNCC1COCCN1c1cccc(Cl)c1C. The van der Waals surface area contributed by atoms with Crippen molar-refractivity contribution < 1.29 is 4.74 Å². The first-order chi connectivity index (χ1) is 8.24. The molecular weight excluding hydrogens is 236 g/mol. The lowest BCUT2D eigenvalue weighted by Gasteiger charge is -2.38. The Kier molecular flexibility index (Phi) is 4.26. The van der Waals surface area contributed by atoms with Crippen molar-refractivity contribution in [1.82, 2.24) is 5.32 Å². The highest BCUT2D eigenvalue weighted by Crippen LogP contribution is 2.28. The van der Waals surface area contributed by atoms with E-state index in [0.717, 1.165) is 36.9 Å². The number of hydrogen-bond acceptors (Lipinski definition) is 3. The minimum Gasteiger partial charge on any atom is -0.377 e. The number of halogens is 1. The summed E-state index contributed by atoms with van der Waals surface area (Å²) in [4.78, 5) is 2.39. The Labute approximate surface area is 108 Å². The van der Waals surface area contributed by atoms with Gasteiger partial charge in [-0.25, -0.2) is 0 Å². The lowest BCUT2D eigenvalue weighted by atomic mass is 10.1. The Morgan fingerprint density at radius 3 is 3.12 bits per heavy atom. The number of morpholine rings is 1. The molecule has 2 rings (SSSR count). The normalized spacial score (nSPS) is 20.6. The van der Waals surface area contributed by atoms with Gasteiger partial charge in [0.25, 0.3) is 0 Å². The Balaban J connectivity index is 2.26. The fourth-order valence-electron chi connectivity index (χ4n) is 2.28. The van der Waals surface area contributed by atoms with E-state index in [2.05, 4.69) is 23.2 Å². The molecule has 94 valence electrons. The molecule has 17 heavy (non-hydrogen) atoms. The molecule has 0 spiro atoms. The molecule has 1 aromatic rings. The van der Waals surface area contributed by atoms with Crippen molar-refractivity contribution in [1.29, 1.82) is 0 Å². The van der Waals surface area contributed by atoms with Crippen molar-refractivity contribution in [3.8, 4) is 0 Å². The number of nitrogens with one attached hydrogen (secondary N) is 1. The summed E-state index contributed by atoms with van der Waals surface area (Å²) in [6.45, 7) is 5.47. The maximum absolute atomic E-state index is 6.18. The first kappa shape index (κ1) is 12.7. The summed E-state index contributed by atoms with van der Waals surface area (Å²) in [5.74, 6) is 0. The average Bonchev–Trinajstić information content (AvgIpc) is 2.34. The summed E-state index contributed by atoms with van der Waals surface area (Å²) in [6.07, 6.45) is 0. The molecule has 0 aliphatic carbocycles. The van der Waals surface area contributed by atoms with Crippen LogP contribution in [0.25, 0.3) is 0 Å². The Bertz CT molecular complexity index is 382. The molecule has 1 heterocycles. The second-order valence-electron chi connectivity index (χ2n) is 4.36. The fourth-order valence-corrected chi connectivity index (χ4v) is 2.45. The lowest BCUT2D eigenvalue weighted by molar-refractivity contribution is 0.0943. The summed E-state index contributed by atoms with van der Waals surface area (Å²) in [5, 5.41) is 4.05. The first-order valence-electron chi connectivity index (χ1n) is 5.98. The van der Waals surface area contributed by atoms with Gasteiger partial charge in [-0.05, 0) is 31.7 Å². The Hall–Kier alpha value is -0.770. The molecular formula is C13H19ClN2O. The van der Waals surface area contributed by atoms with Crippen LogP contribution in [0.15, 0.2) is 18.2 Å². The number of benzene rings is 1. The Morgan fingerprint density at radius 1 is 1.53 bits per heavy atom. The van der Waals surface area contributed by atoms with Gasteiger partial charge in [-0.3, -0.25) is 0 Å². The molecule has 1 fully saturated rings. The van der Waals surface area contributed by atoms with Crippen molar-refractivity contribution in [2.24, 2.45) is 0 Å². The van der Waals surface area contributed by atoms with Crippen molar-refractivity contribution in [3.05, 3.63) is 28.8 Å².